The molecule has 0 saturated carbocycles. The Morgan fingerprint density at radius 2 is 2.04 bits per heavy atom. The molecular formula is C19H23N5O4. The van der Waals surface area contributed by atoms with Crippen LogP contribution < -0.4 is 21.0 Å². The smallest absolute Gasteiger partial charge is 0.263 e. The van der Waals surface area contributed by atoms with Crippen molar-refractivity contribution in [1.82, 2.24) is 20.0 Å². The molecule has 9 nitrogen and oxygen atoms in total. The van der Waals surface area contributed by atoms with Gasteiger partial charge in [-0.1, -0.05) is 6.42 Å². The van der Waals surface area contributed by atoms with Crippen molar-refractivity contribution in [1.29, 1.82) is 0 Å². The average molecular weight is 385 g/mol. The highest BCUT2D eigenvalue weighted by Crippen LogP contribution is 2.20. The summed E-state index contributed by atoms with van der Waals surface area (Å²) < 4.78 is 7.02. The number of fused-ring (bicyclic) bond motifs is 2. The van der Waals surface area contributed by atoms with E-state index in [1.54, 1.807) is 18.2 Å². The second kappa shape index (κ2) is 7.97. The minimum Gasteiger partial charge on any atom is -0.494 e. The topological polar surface area (TPSA) is 106 Å². The SMILES string of the molecule is O=C1Cn2c(nc3ccc(OCCCC(=O)NN4CCCCC4)cc3c2=O)N1. The lowest BCUT2D eigenvalue weighted by molar-refractivity contribution is -0.126. The first-order valence-corrected chi connectivity index (χ1v) is 9.62. The van der Waals surface area contributed by atoms with Gasteiger partial charge in [0.1, 0.15) is 12.3 Å². The number of piperidine rings is 1. The van der Waals surface area contributed by atoms with Crippen LogP contribution in [-0.4, -0.2) is 46.1 Å². The highest BCUT2D eigenvalue weighted by atomic mass is 16.5. The second-order valence-electron chi connectivity index (χ2n) is 7.09. The molecule has 1 saturated heterocycles. The monoisotopic (exact) mass is 385 g/mol. The molecule has 148 valence electrons. The van der Waals surface area contributed by atoms with Crippen LogP contribution in [0.2, 0.25) is 0 Å². The average Bonchev–Trinajstić information content (AvgIpc) is 3.07. The van der Waals surface area contributed by atoms with Crippen molar-refractivity contribution in [3.8, 4) is 5.75 Å². The van der Waals surface area contributed by atoms with E-state index in [2.05, 4.69) is 15.7 Å². The van der Waals surface area contributed by atoms with Gasteiger partial charge in [-0.3, -0.25) is 29.7 Å². The van der Waals surface area contributed by atoms with Gasteiger partial charge in [-0.2, -0.15) is 0 Å². The predicted molar refractivity (Wildman–Crippen MR) is 103 cm³/mol. The first kappa shape index (κ1) is 18.4. The summed E-state index contributed by atoms with van der Waals surface area (Å²) in [5.41, 5.74) is 3.16. The minimum absolute atomic E-state index is 0.000754. The molecule has 2 amide bonds. The fourth-order valence-electron chi connectivity index (χ4n) is 3.50. The van der Waals surface area contributed by atoms with Crippen molar-refractivity contribution >= 4 is 28.7 Å². The van der Waals surface area contributed by atoms with Crippen LogP contribution in [0.3, 0.4) is 0 Å². The first-order chi connectivity index (χ1) is 13.6. The molecule has 1 aromatic carbocycles. The lowest BCUT2D eigenvalue weighted by Crippen LogP contribution is -2.45. The molecule has 0 atom stereocenters. The lowest BCUT2D eigenvalue weighted by atomic mass is 10.2. The van der Waals surface area contributed by atoms with Crippen molar-refractivity contribution < 1.29 is 14.3 Å². The molecule has 0 aliphatic carbocycles. The third kappa shape index (κ3) is 3.99. The Labute approximate surface area is 161 Å². The van der Waals surface area contributed by atoms with Gasteiger partial charge in [-0.15, -0.1) is 0 Å². The summed E-state index contributed by atoms with van der Waals surface area (Å²) in [6.45, 7) is 2.18. The molecule has 2 aromatic rings. The third-order valence-electron chi connectivity index (χ3n) is 4.93. The van der Waals surface area contributed by atoms with Crippen molar-refractivity contribution in [2.45, 2.75) is 38.6 Å². The summed E-state index contributed by atoms with van der Waals surface area (Å²) >= 11 is 0. The van der Waals surface area contributed by atoms with Crippen LogP contribution in [0, 0.1) is 0 Å². The Morgan fingerprint density at radius 3 is 2.86 bits per heavy atom. The minimum atomic E-state index is -0.273. The van der Waals surface area contributed by atoms with Crippen LogP contribution in [-0.2, 0) is 16.1 Å². The quantitative estimate of drug-likeness (QED) is 0.720. The van der Waals surface area contributed by atoms with Gasteiger partial charge < -0.3 is 4.74 Å². The van der Waals surface area contributed by atoms with E-state index < -0.39 is 0 Å². The van der Waals surface area contributed by atoms with Gasteiger partial charge in [0.15, 0.2) is 0 Å². The number of anilines is 1. The van der Waals surface area contributed by atoms with Crippen molar-refractivity contribution in [3.05, 3.63) is 28.6 Å². The Kier molecular flexibility index (Phi) is 5.25. The van der Waals surface area contributed by atoms with Crippen LogP contribution in [0.1, 0.15) is 32.1 Å². The number of carbonyl (C=O) groups is 2. The van der Waals surface area contributed by atoms with Gasteiger partial charge in [0.05, 0.1) is 17.5 Å². The summed E-state index contributed by atoms with van der Waals surface area (Å²) in [5.74, 6) is 0.565. The number of nitrogens with one attached hydrogen (secondary N) is 2. The fraction of sp³-hybridized carbons (Fsp3) is 0.474. The maximum absolute atomic E-state index is 12.5. The van der Waals surface area contributed by atoms with E-state index >= 15 is 0 Å². The van der Waals surface area contributed by atoms with Crippen LogP contribution in [0.25, 0.3) is 10.9 Å². The predicted octanol–water partition coefficient (Wildman–Crippen LogP) is 1.02. The summed E-state index contributed by atoms with van der Waals surface area (Å²) in [6, 6.07) is 5.06. The number of rotatable bonds is 6. The van der Waals surface area contributed by atoms with E-state index in [-0.39, 0.29) is 29.9 Å². The summed E-state index contributed by atoms with van der Waals surface area (Å²) in [7, 11) is 0. The van der Waals surface area contributed by atoms with Gasteiger partial charge in [-0.25, -0.2) is 9.99 Å². The zero-order valence-corrected chi connectivity index (χ0v) is 15.6. The maximum atomic E-state index is 12.5. The number of ether oxygens (including phenoxy) is 1. The Morgan fingerprint density at radius 1 is 1.21 bits per heavy atom. The zero-order chi connectivity index (χ0) is 19.5. The number of aromatic nitrogens is 2. The zero-order valence-electron chi connectivity index (χ0n) is 15.6. The van der Waals surface area contributed by atoms with E-state index in [1.165, 1.54) is 11.0 Å². The van der Waals surface area contributed by atoms with Crippen molar-refractivity contribution in [3.63, 3.8) is 0 Å². The fourth-order valence-corrected chi connectivity index (χ4v) is 3.50. The van der Waals surface area contributed by atoms with E-state index in [0.29, 0.717) is 36.1 Å². The Balaban J connectivity index is 1.32. The molecule has 0 bridgehead atoms. The molecule has 28 heavy (non-hydrogen) atoms. The van der Waals surface area contributed by atoms with Gasteiger partial charge in [-0.05, 0) is 37.5 Å². The highest BCUT2D eigenvalue weighted by Gasteiger charge is 2.21. The number of amides is 2. The molecule has 1 aromatic heterocycles. The van der Waals surface area contributed by atoms with E-state index in [9.17, 15) is 14.4 Å². The number of nitrogens with zero attached hydrogens (tertiary/aromatic N) is 3. The molecule has 4 rings (SSSR count). The van der Waals surface area contributed by atoms with Crippen LogP contribution in [0.5, 0.6) is 5.75 Å². The normalized spacial score (nSPS) is 16.6. The molecule has 0 radical (unpaired) electrons. The molecule has 0 unspecified atom stereocenters. The number of benzene rings is 1. The third-order valence-corrected chi connectivity index (χ3v) is 4.93. The standard InChI is InChI=1S/C19H23N5O4/c25-16(22-23-8-2-1-3-9-23)5-4-10-28-13-6-7-15-14(11-13)18(27)24-12-17(26)21-19(24)20-15/h6-7,11H,1-5,8-10,12H2,(H,22,25)(H,20,21,26). The van der Waals surface area contributed by atoms with Crippen LogP contribution >= 0.6 is 0 Å². The number of hydrazine groups is 1. The molecule has 2 aliphatic rings. The van der Waals surface area contributed by atoms with Gasteiger partial charge in [0, 0.05) is 19.5 Å². The van der Waals surface area contributed by atoms with Gasteiger partial charge in [0.2, 0.25) is 17.8 Å². The Hall–Kier alpha value is -2.94. The summed E-state index contributed by atoms with van der Waals surface area (Å²) in [4.78, 5) is 40.3. The Bertz CT molecular complexity index is 965. The number of carbonyl (C=O) groups excluding carboxylic acids is 2. The molecule has 2 aliphatic heterocycles. The summed E-state index contributed by atoms with van der Waals surface area (Å²) in [5, 5.41) is 4.95. The highest BCUT2D eigenvalue weighted by molar-refractivity contribution is 5.94. The van der Waals surface area contributed by atoms with E-state index in [4.69, 9.17) is 4.74 Å². The molecule has 1 fully saturated rings. The van der Waals surface area contributed by atoms with Crippen LogP contribution in [0.4, 0.5) is 5.95 Å². The maximum Gasteiger partial charge on any atom is 0.263 e. The molecule has 9 heteroatoms. The van der Waals surface area contributed by atoms with Crippen molar-refractivity contribution in [2.24, 2.45) is 0 Å². The molecule has 2 N–H and O–H groups in total. The molecule has 0 spiro atoms. The second-order valence-corrected chi connectivity index (χ2v) is 7.09. The number of hydrogen-bond acceptors (Lipinski definition) is 6. The number of hydrogen-bond donors (Lipinski definition) is 2. The van der Waals surface area contributed by atoms with E-state index in [0.717, 1.165) is 25.9 Å². The summed E-state index contributed by atoms with van der Waals surface area (Å²) in [6.07, 6.45) is 4.43. The largest absolute Gasteiger partial charge is 0.494 e. The van der Waals surface area contributed by atoms with Crippen LogP contribution in [0.15, 0.2) is 23.0 Å². The van der Waals surface area contributed by atoms with E-state index in [1.807, 2.05) is 5.01 Å². The molecule has 3 heterocycles. The van der Waals surface area contributed by atoms with Gasteiger partial charge >= 0.3 is 0 Å². The lowest BCUT2D eigenvalue weighted by Gasteiger charge is -2.26. The first-order valence-electron chi connectivity index (χ1n) is 9.62. The molecular weight excluding hydrogens is 362 g/mol. The van der Waals surface area contributed by atoms with Crippen molar-refractivity contribution in [2.75, 3.05) is 25.0 Å². The van der Waals surface area contributed by atoms with Gasteiger partial charge in [0.25, 0.3) is 5.56 Å².